The molecule has 2 N–H and O–H groups in total. The molecule has 0 saturated heterocycles. The molecule has 1 rings (SSSR count). The lowest BCUT2D eigenvalue weighted by Gasteiger charge is -2.31. The van der Waals surface area contributed by atoms with Gasteiger partial charge >= 0.3 is 0 Å². The van der Waals surface area contributed by atoms with Gasteiger partial charge in [-0.05, 0) is 24.6 Å². The van der Waals surface area contributed by atoms with Crippen molar-refractivity contribution < 1.29 is 9.47 Å². The largest absolute Gasteiger partial charge is 0.383 e. The normalized spacial score (nSPS) is 11.9. The molecule has 5 nitrogen and oxygen atoms in total. The molecule has 1 aromatic rings. The van der Waals surface area contributed by atoms with Crippen LogP contribution in [-0.4, -0.2) is 40.0 Å². The van der Waals surface area contributed by atoms with Gasteiger partial charge in [-0.25, -0.2) is 0 Å². The average Bonchev–Trinajstić information content (AvgIpc) is 2.48. The van der Waals surface area contributed by atoms with E-state index in [-0.39, 0.29) is 6.04 Å². The molecule has 1 aromatic carbocycles. The van der Waals surface area contributed by atoms with Crippen molar-refractivity contribution in [1.82, 2.24) is 0 Å². The first kappa shape index (κ1) is 16.4. The second-order valence-electron chi connectivity index (χ2n) is 4.66. The molecule has 0 heterocycles. The summed E-state index contributed by atoms with van der Waals surface area (Å²) in [4.78, 5) is 2.13. The maximum absolute atomic E-state index is 9.34. The van der Waals surface area contributed by atoms with E-state index in [9.17, 15) is 5.26 Å². The summed E-state index contributed by atoms with van der Waals surface area (Å²) in [5.41, 5.74) is 8.11. The highest BCUT2D eigenvalue weighted by Crippen LogP contribution is 2.23. The molecule has 110 valence electrons. The molecule has 0 aliphatic carbocycles. The molecule has 0 amide bonds. The Morgan fingerprint density at radius 2 is 2.10 bits per heavy atom. The predicted molar refractivity (Wildman–Crippen MR) is 79.6 cm³/mol. The van der Waals surface area contributed by atoms with Gasteiger partial charge in [0.05, 0.1) is 24.5 Å². The van der Waals surface area contributed by atoms with Crippen molar-refractivity contribution >= 4 is 5.69 Å². The number of nitrogens with zero attached hydrogens (tertiary/aromatic N) is 2. The lowest BCUT2D eigenvalue weighted by Crippen LogP contribution is -2.39. The Labute approximate surface area is 120 Å². The summed E-state index contributed by atoms with van der Waals surface area (Å²) in [6.45, 7) is 4.39. The van der Waals surface area contributed by atoms with Crippen molar-refractivity contribution in [2.75, 3.05) is 38.9 Å². The summed E-state index contributed by atoms with van der Waals surface area (Å²) >= 11 is 0. The standard InChI is InChI=1S/C15H23N3O2/c1-12(11-20-3)18(6-7-19-2)15-5-4-13(9-16)8-14(15)10-17/h4-5,8,12H,6-7,9,11,16H2,1-3H3. The summed E-state index contributed by atoms with van der Waals surface area (Å²) < 4.78 is 10.4. The van der Waals surface area contributed by atoms with E-state index in [1.165, 1.54) is 0 Å². The predicted octanol–water partition coefficient (Wildman–Crippen LogP) is 1.50. The van der Waals surface area contributed by atoms with E-state index in [0.717, 1.165) is 11.3 Å². The highest BCUT2D eigenvalue weighted by molar-refractivity contribution is 5.61. The number of benzene rings is 1. The zero-order valence-electron chi connectivity index (χ0n) is 12.4. The van der Waals surface area contributed by atoms with E-state index in [1.807, 2.05) is 18.2 Å². The van der Waals surface area contributed by atoms with Crippen LogP contribution in [0.4, 0.5) is 5.69 Å². The van der Waals surface area contributed by atoms with Gasteiger partial charge < -0.3 is 20.1 Å². The molecule has 0 fully saturated rings. The number of ether oxygens (including phenoxy) is 2. The van der Waals surface area contributed by atoms with Crippen LogP contribution < -0.4 is 10.6 Å². The van der Waals surface area contributed by atoms with E-state index in [0.29, 0.717) is 31.9 Å². The van der Waals surface area contributed by atoms with Gasteiger partial charge in [-0.15, -0.1) is 0 Å². The average molecular weight is 277 g/mol. The fourth-order valence-electron chi connectivity index (χ4n) is 2.15. The van der Waals surface area contributed by atoms with Gasteiger partial charge in [0, 0.05) is 33.4 Å². The van der Waals surface area contributed by atoms with Gasteiger partial charge in [-0.2, -0.15) is 5.26 Å². The summed E-state index contributed by atoms with van der Waals surface area (Å²) in [5.74, 6) is 0. The van der Waals surface area contributed by atoms with E-state index in [4.69, 9.17) is 15.2 Å². The Kier molecular flexibility index (Phi) is 7.02. The van der Waals surface area contributed by atoms with E-state index in [2.05, 4.69) is 17.9 Å². The Bertz CT molecular complexity index is 457. The Balaban J connectivity index is 3.09. The topological polar surface area (TPSA) is 71.5 Å². The Morgan fingerprint density at radius 1 is 1.35 bits per heavy atom. The van der Waals surface area contributed by atoms with Crippen LogP contribution in [0.25, 0.3) is 0 Å². The quantitative estimate of drug-likeness (QED) is 0.779. The first-order chi connectivity index (χ1) is 9.67. The third-order valence-corrected chi connectivity index (χ3v) is 3.20. The second-order valence-corrected chi connectivity index (χ2v) is 4.66. The van der Waals surface area contributed by atoms with Crippen molar-refractivity contribution in [3.05, 3.63) is 29.3 Å². The number of hydrogen-bond acceptors (Lipinski definition) is 5. The van der Waals surface area contributed by atoms with Crippen LogP contribution in [0.5, 0.6) is 0 Å². The molecule has 1 unspecified atom stereocenters. The lowest BCUT2D eigenvalue weighted by molar-refractivity contribution is 0.171. The maximum Gasteiger partial charge on any atom is 0.101 e. The number of nitriles is 1. The first-order valence-corrected chi connectivity index (χ1v) is 6.65. The fraction of sp³-hybridized carbons (Fsp3) is 0.533. The highest BCUT2D eigenvalue weighted by atomic mass is 16.5. The molecule has 0 spiro atoms. The molecular weight excluding hydrogens is 254 g/mol. The van der Waals surface area contributed by atoms with Gasteiger partial charge in [0.25, 0.3) is 0 Å². The lowest BCUT2D eigenvalue weighted by atomic mass is 10.1. The van der Waals surface area contributed by atoms with Crippen LogP contribution in [0.1, 0.15) is 18.1 Å². The highest BCUT2D eigenvalue weighted by Gasteiger charge is 2.17. The van der Waals surface area contributed by atoms with E-state index >= 15 is 0 Å². The van der Waals surface area contributed by atoms with Crippen molar-refractivity contribution in [1.29, 1.82) is 5.26 Å². The minimum absolute atomic E-state index is 0.158. The smallest absolute Gasteiger partial charge is 0.101 e. The molecule has 20 heavy (non-hydrogen) atoms. The number of rotatable bonds is 8. The fourth-order valence-corrected chi connectivity index (χ4v) is 2.15. The van der Waals surface area contributed by atoms with Crippen molar-refractivity contribution in [3.8, 4) is 6.07 Å². The van der Waals surface area contributed by atoms with Crippen molar-refractivity contribution in [2.45, 2.75) is 19.5 Å². The molecule has 0 radical (unpaired) electrons. The molecule has 1 atom stereocenters. The minimum Gasteiger partial charge on any atom is -0.383 e. The van der Waals surface area contributed by atoms with Gasteiger partial charge in [-0.1, -0.05) is 6.07 Å². The Hall–Kier alpha value is -1.61. The third-order valence-electron chi connectivity index (χ3n) is 3.20. The molecule has 0 aliphatic rings. The molecule has 5 heteroatoms. The van der Waals surface area contributed by atoms with Crippen molar-refractivity contribution in [3.63, 3.8) is 0 Å². The van der Waals surface area contributed by atoms with E-state index in [1.54, 1.807) is 14.2 Å². The first-order valence-electron chi connectivity index (χ1n) is 6.65. The zero-order valence-corrected chi connectivity index (χ0v) is 12.4. The molecule has 0 aromatic heterocycles. The van der Waals surface area contributed by atoms with Gasteiger partial charge in [0.1, 0.15) is 6.07 Å². The number of methoxy groups -OCH3 is 2. The van der Waals surface area contributed by atoms with Gasteiger partial charge in [0.2, 0.25) is 0 Å². The summed E-state index contributed by atoms with van der Waals surface area (Å²) in [6, 6.07) is 8.15. The van der Waals surface area contributed by atoms with Crippen LogP contribution in [-0.2, 0) is 16.0 Å². The summed E-state index contributed by atoms with van der Waals surface area (Å²) in [7, 11) is 3.34. The molecule has 0 saturated carbocycles. The number of nitrogens with two attached hydrogens (primary N) is 1. The molecule has 0 bridgehead atoms. The minimum atomic E-state index is 0.158. The number of hydrogen-bond donors (Lipinski definition) is 1. The summed E-state index contributed by atoms with van der Waals surface area (Å²) in [5, 5.41) is 9.34. The molecule has 0 aliphatic heterocycles. The Morgan fingerprint density at radius 3 is 2.65 bits per heavy atom. The van der Waals surface area contributed by atoms with Gasteiger partial charge in [-0.3, -0.25) is 0 Å². The van der Waals surface area contributed by atoms with Crippen LogP contribution in [0.2, 0.25) is 0 Å². The second kappa shape index (κ2) is 8.54. The zero-order chi connectivity index (χ0) is 15.0. The third kappa shape index (κ3) is 4.20. The SMILES string of the molecule is COCCN(c1ccc(CN)cc1C#N)C(C)COC. The van der Waals surface area contributed by atoms with Crippen LogP contribution in [0.15, 0.2) is 18.2 Å². The van der Waals surface area contributed by atoms with Crippen LogP contribution >= 0.6 is 0 Å². The van der Waals surface area contributed by atoms with Crippen molar-refractivity contribution in [2.24, 2.45) is 5.73 Å². The molecular formula is C15H23N3O2. The van der Waals surface area contributed by atoms with E-state index < -0.39 is 0 Å². The van der Waals surface area contributed by atoms with Gasteiger partial charge in [0.15, 0.2) is 0 Å². The van der Waals surface area contributed by atoms with Crippen LogP contribution in [0.3, 0.4) is 0 Å². The number of anilines is 1. The monoisotopic (exact) mass is 277 g/mol. The van der Waals surface area contributed by atoms with Crippen LogP contribution in [0, 0.1) is 11.3 Å². The summed E-state index contributed by atoms with van der Waals surface area (Å²) in [6.07, 6.45) is 0. The maximum atomic E-state index is 9.34.